The van der Waals surface area contributed by atoms with Gasteiger partial charge in [-0.05, 0) is 86.4 Å². The van der Waals surface area contributed by atoms with E-state index in [9.17, 15) is 0 Å². The number of rotatable bonds is 6. The summed E-state index contributed by atoms with van der Waals surface area (Å²) >= 11 is 0. The van der Waals surface area contributed by atoms with Gasteiger partial charge in [0.1, 0.15) is 11.2 Å². The SMILES string of the molecule is c1ccc(-c2ccc(N(c3ccc(-c4cccc5c4oc4cc6ccccc6cc45)cc3)c3ccc(-c4ccccc4)c4ccccc34)cc2)cc1. The fourth-order valence-electron chi connectivity index (χ4n) is 7.71. The summed E-state index contributed by atoms with van der Waals surface area (Å²) in [6.45, 7) is 0. The Morgan fingerprint density at radius 1 is 0.327 bits per heavy atom. The first-order valence-corrected chi connectivity index (χ1v) is 17.8. The Hall–Kier alpha value is -6.90. The standard InChI is InChI=1S/C50H33NO/c1-3-12-34(13-4-1)35-22-26-40(27-23-35)51(48-31-30-42(36-14-5-2-6-15-36)44-18-9-10-19-45(44)48)41-28-24-37(25-29-41)43-20-11-21-46-47-32-38-16-7-8-17-39(38)33-49(47)52-50(43)46/h1-33H. The van der Waals surface area contributed by atoms with Crippen molar-refractivity contribution in [3.05, 3.63) is 200 Å². The lowest BCUT2D eigenvalue weighted by Crippen LogP contribution is -2.10. The Labute approximate surface area is 302 Å². The second-order valence-corrected chi connectivity index (χ2v) is 13.3. The minimum Gasteiger partial charge on any atom is -0.455 e. The molecule has 0 saturated carbocycles. The quantitative estimate of drug-likeness (QED) is 0.176. The van der Waals surface area contributed by atoms with Crippen LogP contribution in [0.2, 0.25) is 0 Å². The number of nitrogens with zero attached hydrogens (tertiary/aromatic N) is 1. The fraction of sp³-hybridized carbons (Fsp3) is 0. The number of hydrogen-bond donors (Lipinski definition) is 0. The Morgan fingerprint density at radius 3 is 1.58 bits per heavy atom. The zero-order valence-electron chi connectivity index (χ0n) is 28.4. The molecule has 0 aliphatic rings. The summed E-state index contributed by atoms with van der Waals surface area (Å²) in [6, 6.07) is 71.6. The number of para-hydroxylation sites is 1. The molecule has 10 aromatic rings. The molecule has 10 rings (SSSR count). The third-order valence-electron chi connectivity index (χ3n) is 10.3. The molecule has 244 valence electrons. The lowest BCUT2D eigenvalue weighted by molar-refractivity contribution is 0.670. The first-order chi connectivity index (χ1) is 25.8. The van der Waals surface area contributed by atoms with Crippen molar-refractivity contribution in [3.8, 4) is 33.4 Å². The van der Waals surface area contributed by atoms with Crippen LogP contribution in [0, 0.1) is 0 Å². The molecule has 1 aromatic heterocycles. The van der Waals surface area contributed by atoms with E-state index in [1.54, 1.807) is 0 Å². The van der Waals surface area contributed by atoms with Crippen molar-refractivity contribution in [2.75, 3.05) is 4.90 Å². The van der Waals surface area contributed by atoms with Gasteiger partial charge in [0.2, 0.25) is 0 Å². The van der Waals surface area contributed by atoms with Crippen LogP contribution in [0.15, 0.2) is 205 Å². The molecule has 0 aliphatic heterocycles. The molecule has 52 heavy (non-hydrogen) atoms. The minimum absolute atomic E-state index is 0.911. The Balaban J connectivity index is 1.11. The molecule has 0 radical (unpaired) electrons. The highest BCUT2D eigenvalue weighted by atomic mass is 16.3. The van der Waals surface area contributed by atoms with E-state index in [4.69, 9.17) is 4.42 Å². The van der Waals surface area contributed by atoms with Crippen LogP contribution in [0.4, 0.5) is 17.1 Å². The fourth-order valence-corrected chi connectivity index (χ4v) is 7.71. The molecule has 0 atom stereocenters. The number of fused-ring (bicyclic) bond motifs is 5. The van der Waals surface area contributed by atoms with Crippen molar-refractivity contribution >= 4 is 60.5 Å². The van der Waals surface area contributed by atoms with Crippen molar-refractivity contribution in [3.63, 3.8) is 0 Å². The Kier molecular flexibility index (Phi) is 7.18. The molecular weight excluding hydrogens is 631 g/mol. The zero-order chi connectivity index (χ0) is 34.4. The summed E-state index contributed by atoms with van der Waals surface area (Å²) in [5.74, 6) is 0. The second kappa shape index (κ2) is 12.5. The Morgan fingerprint density at radius 2 is 0.865 bits per heavy atom. The van der Waals surface area contributed by atoms with Crippen LogP contribution in [-0.2, 0) is 0 Å². The average Bonchev–Trinajstić information content (AvgIpc) is 3.59. The summed E-state index contributed by atoms with van der Waals surface area (Å²) in [4.78, 5) is 2.38. The molecule has 0 unspecified atom stereocenters. The van der Waals surface area contributed by atoms with Crippen LogP contribution in [-0.4, -0.2) is 0 Å². The molecule has 9 aromatic carbocycles. The van der Waals surface area contributed by atoms with E-state index in [0.29, 0.717) is 0 Å². The first kappa shape index (κ1) is 30.0. The smallest absolute Gasteiger partial charge is 0.143 e. The molecule has 0 spiro atoms. The molecule has 0 aliphatic carbocycles. The van der Waals surface area contributed by atoms with Gasteiger partial charge in [0.25, 0.3) is 0 Å². The van der Waals surface area contributed by atoms with Crippen LogP contribution in [0.25, 0.3) is 76.9 Å². The number of anilines is 3. The van der Waals surface area contributed by atoms with Crippen LogP contribution in [0.5, 0.6) is 0 Å². The minimum atomic E-state index is 0.911. The average molecular weight is 664 g/mol. The topological polar surface area (TPSA) is 16.4 Å². The molecule has 0 saturated heterocycles. The molecular formula is C50H33NO. The molecule has 1 heterocycles. The molecule has 2 heteroatoms. The highest BCUT2D eigenvalue weighted by Gasteiger charge is 2.19. The number of furan rings is 1. The van der Waals surface area contributed by atoms with Crippen LogP contribution >= 0.6 is 0 Å². The molecule has 0 N–H and O–H groups in total. The maximum Gasteiger partial charge on any atom is 0.143 e. The van der Waals surface area contributed by atoms with Crippen molar-refractivity contribution in [2.24, 2.45) is 0 Å². The maximum atomic E-state index is 6.60. The van der Waals surface area contributed by atoms with Gasteiger partial charge < -0.3 is 9.32 Å². The Bertz CT molecular complexity index is 2870. The van der Waals surface area contributed by atoms with Gasteiger partial charge in [0, 0.05) is 33.1 Å². The molecule has 0 fully saturated rings. The van der Waals surface area contributed by atoms with Gasteiger partial charge in [-0.2, -0.15) is 0 Å². The molecule has 2 nitrogen and oxygen atoms in total. The first-order valence-electron chi connectivity index (χ1n) is 17.8. The monoisotopic (exact) mass is 663 g/mol. The van der Waals surface area contributed by atoms with Gasteiger partial charge in [0.05, 0.1) is 5.69 Å². The summed E-state index contributed by atoms with van der Waals surface area (Å²) < 4.78 is 6.60. The van der Waals surface area contributed by atoms with E-state index in [1.807, 2.05) is 0 Å². The summed E-state index contributed by atoms with van der Waals surface area (Å²) in [6.07, 6.45) is 0. The van der Waals surface area contributed by atoms with Crippen LogP contribution in [0.1, 0.15) is 0 Å². The molecule has 0 amide bonds. The lowest BCUT2D eigenvalue weighted by atomic mass is 9.96. The van der Waals surface area contributed by atoms with Gasteiger partial charge >= 0.3 is 0 Å². The predicted octanol–water partition coefficient (Wildman–Crippen LogP) is 14.4. The van der Waals surface area contributed by atoms with Gasteiger partial charge in [-0.1, -0.05) is 158 Å². The highest BCUT2D eigenvalue weighted by Crippen LogP contribution is 2.44. The van der Waals surface area contributed by atoms with Crippen molar-refractivity contribution in [1.82, 2.24) is 0 Å². The summed E-state index contributed by atoms with van der Waals surface area (Å²) in [5.41, 5.74) is 12.1. The molecule has 0 bridgehead atoms. The van der Waals surface area contributed by atoms with Gasteiger partial charge in [-0.3, -0.25) is 0 Å². The maximum absolute atomic E-state index is 6.60. The van der Waals surface area contributed by atoms with Crippen molar-refractivity contribution in [1.29, 1.82) is 0 Å². The number of hydrogen-bond acceptors (Lipinski definition) is 2. The van der Waals surface area contributed by atoms with Gasteiger partial charge in [-0.15, -0.1) is 0 Å². The normalized spacial score (nSPS) is 11.5. The van der Waals surface area contributed by atoms with Gasteiger partial charge in [0.15, 0.2) is 0 Å². The van der Waals surface area contributed by atoms with Crippen LogP contribution in [0.3, 0.4) is 0 Å². The van der Waals surface area contributed by atoms with Gasteiger partial charge in [-0.25, -0.2) is 0 Å². The zero-order valence-corrected chi connectivity index (χ0v) is 28.4. The third kappa shape index (κ3) is 5.12. The summed E-state index contributed by atoms with van der Waals surface area (Å²) in [5, 5.41) is 7.09. The second-order valence-electron chi connectivity index (χ2n) is 13.3. The van der Waals surface area contributed by atoms with E-state index >= 15 is 0 Å². The highest BCUT2D eigenvalue weighted by molar-refractivity contribution is 6.13. The predicted molar refractivity (Wildman–Crippen MR) is 220 cm³/mol. The largest absolute Gasteiger partial charge is 0.455 e. The lowest BCUT2D eigenvalue weighted by Gasteiger charge is -2.28. The van der Waals surface area contributed by atoms with E-state index in [2.05, 4.69) is 205 Å². The third-order valence-corrected chi connectivity index (χ3v) is 10.3. The van der Waals surface area contributed by atoms with Crippen LogP contribution < -0.4 is 4.90 Å². The van der Waals surface area contributed by atoms with Crippen molar-refractivity contribution < 1.29 is 4.42 Å². The van der Waals surface area contributed by atoms with Crippen molar-refractivity contribution in [2.45, 2.75) is 0 Å². The summed E-state index contributed by atoms with van der Waals surface area (Å²) in [7, 11) is 0. The van der Waals surface area contributed by atoms with E-state index in [1.165, 1.54) is 43.8 Å². The van der Waals surface area contributed by atoms with E-state index in [-0.39, 0.29) is 0 Å². The number of benzene rings is 9. The van der Waals surface area contributed by atoms with E-state index < -0.39 is 0 Å². The van der Waals surface area contributed by atoms with E-state index in [0.717, 1.165) is 50.1 Å².